The molecule has 0 aliphatic rings. The molecular formula is C14H15N3O3. The van der Waals surface area contributed by atoms with Crippen molar-refractivity contribution in [1.29, 1.82) is 0 Å². The lowest BCUT2D eigenvalue weighted by molar-refractivity contribution is -0.384. The average molecular weight is 273 g/mol. The molecule has 1 aromatic carbocycles. The number of ether oxygens (including phenoxy) is 1. The summed E-state index contributed by atoms with van der Waals surface area (Å²) in [5.41, 5.74) is 2.80. The first-order valence-corrected chi connectivity index (χ1v) is 6.08. The van der Waals surface area contributed by atoms with Crippen molar-refractivity contribution in [3.8, 4) is 5.88 Å². The van der Waals surface area contributed by atoms with E-state index in [4.69, 9.17) is 4.74 Å². The molecule has 1 aromatic heterocycles. The summed E-state index contributed by atoms with van der Waals surface area (Å²) in [5, 5.41) is 13.9. The number of nitro benzene ring substituents is 1. The largest absolute Gasteiger partial charge is 0.481 e. The summed E-state index contributed by atoms with van der Waals surface area (Å²) in [6.45, 7) is 2.43. The van der Waals surface area contributed by atoms with Crippen LogP contribution in [0.3, 0.4) is 0 Å². The zero-order chi connectivity index (χ0) is 14.5. The molecule has 0 amide bonds. The van der Waals surface area contributed by atoms with Crippen molar-refractivity contribution in [1.82, 2.24) is 4.98 Å². The maximum absolute atomic E-state index is 10.7. The number of rotatable bonds is 5. The van der Waals surface area contributed by atoms with Gasteiger partial charge in [-0.05, 0) is 24.1 Å². The lowest BCUT2D eigenvalue weighted by Gasteiger charge is -2.09. The number of methoxy groups -OCH3 is 1. The summed E-state index contributed by atoms with van der Waals surface area (Å²) < 4.78 is 4.99. The zero-order valence-corrected chi connectivity index (χ0v) is 11.3. The Hall–Kier alpha value is -2.63. The predicted molar refractivity (Wildman–Crippen MR) is 75.9 cm³/mol. The summed E-state index contributed by atoms with van der Waals surface area (Å²) in [6.07, 6.45) is 1.73. The monoisotopic (exact) mass is 273 g/mol. The number of aromatic nitrogens is 1. The topological polar surface area (TPSA) is 77.3 Å². The minimum Gasteiger partial charge on any atom is -0.481 e. The Kier molecular flexibility index (Phi) is 4.14. The van der Waals surface area contributed by atoms with E-state index in [2.05, 4.69) is 10.3 Å². The molecule has 104 valence electrons. The summed E-state index contributed by atoms with van der Waals surface area (Å²) in [4.78, 5) is 14.4. The van der Waals surface area contributed by atoms with Crippen molar-refractivity contribution >= 4 is 11.4 Å². The highest BCUT2D eigenvalue weighted by Crippen LogP contribution is 2.21. The Morgan fingerprint density at radius 2 is 2.15 bits per heavy atom. The zero-order valence-electron chi connectivity index (χ0n) is 11.3. The third kappa shape index (κ3) is 3.23. The summed E-state index contributed by atoms with van der Waals surface area (Å²) in [7, 11) is 1.57. The minimum atomic E-state index is -0.399. The van der Waals surface area contributed by atoms with Gasteiger partial charge in [0.15, 0.2) is 0 Å². The van der Waals surface area contributed by atoms with Gasteiger partial charge in [-0.3, -0.25) is 10.1 Å². The Morgan fingerprint density at radius 1 is 1.35 bits per heavy atom. The van der Waals surface area contributed by atoms with Gasteiger partial charge < -0.3 is 10.1 Å². The van der Waals surface area contributed by atoms with Gasteiger partial charge in [0, 0.05) is 36.6 Å². The number of pyridine rings is 1. The third-order valence-corrected chi connectivity index (χ3v) is 2.91. The highest BCUT2D eigenvalue weighted by molar-refractivity contribution is 5.55. The van der Waals surface area contributed by atoms with Gasteiger partial charge in [-0.25, -0.2) is 4.98 Å². The number of anilines is 1. The Bertz CT molecular complexity index is 612. The van der Waals surface area contributed by atoms with Crippen LogP contribution in [0.1, 0.15) is 11.1 Å². The van der Waals surface area contributed by atoms with E-state index in [-0.39, 0.29) is 5.69 Å². The Labute approximate surface area is 116 Å². The van der Waals surface area contributed by atoms with Crippen LogP contribution in [0.2, 0.25) is 0 Å². The minimum absolute atomic E-state index is 0.0964. The lowest BCUT2D eigenvalue weighted by atomic mass is 10.1. The van der Waals surface area contributed by atoms with Crippen molar-refractivity contribution in [2.75, 3.05) is 12.4 Å². The molecule has 20 heavy (non-hydrogen) atoms. The number of nitrogens with zero attached hydrogens (tertiary/aromatic N) is 2. The first-order valence-electron chi connectivity index (χ1n) is 6.08. The Balaban J connectivity index is 2.04. The molecule has 0 aliphatic carbocycles. The highest BCUT2D eigenvalue weighted by Gasteiger charge is 2.07. The van der Waals surface area contributed by atoms with Gasteiger partial charge in [0.25, 0.3) is 5.69 Å². The van der Waals surface area contributed by atoms with E-state index in [1.807, 2.05) is 13.0 Å². The predicted octanol–water partition coefficient (Wildman–Crippen LogP) is 2.92. The summed E-state index contributed by atoms with van der Waals surface area (Å²) in [5.74, 6) is 0.570. The molecule has 0 saturated carbocycles. The van der Waals surface area contributed by atoms with Crippen molar-refractivity contribution in [3.05, 3.63) is 57.8 Å². The molecule has 0 bridgehead atoms. The molecule has 1 heterocycles. The fourth-order valence-electron chi connectivity index (χ4n) is 1.79. The van der Waals surface area contributed by atoms with Crippen molar-refractivity contribution in [2.45, 2.75) is 13.5 Å². The number of hydrogen-bond donors (Lipinski definition) is 1. The van der Waals surface area contributed by atoms with Crippen LogP contribution in [-0.4, -0.2) is 17.0 Å². The van der Waals surface area contributed by atoms with Gasteiger partial charge >= 0.3 is 0 Å². The number of nitro groups is 1. The van der Waals surface area contributed by atoms with Gasteiger partial charge in [0.05, 0.1) is 12.0 Å². The standard InChI is InChI=1S/C14H15N3O3/c1-10-7-12(17(18)19)4-5-13(10)15-8-11-3-6-14(20-2)16-9-11/h3-7,9,15H,8H2,1-2H3. The summed E-state index contributed by atoms with van der Waals surface area (Å²) in [6, 6.07) is 8.46. The number of aryl methyl sites for hydroxylation is 1. The van der Waals surface area contributed by atoms with E-state index in [0.717, 1.165) is 16.8 Å². The summed E-state index contributed by atoms with van der Waals surface area (Å²) >= 11 is 0. The second-order valence-electron chi connectivity index (χ2n) is 4.32. The van der Waals surface area contributed by atoms with Gasteiger partial charge in [-0.2, -0.15) is 0 Å². The molecule has 1 N–H and O–H groups in total. The second kappa shape index (κ2) is 6.01. The number of non-ortho nitro benzene ring substituents is 1. The van der Waals surface area contributed by atoms with Gasteiger partial charge in [-0.15, -0.1) is 0 Å². The van der Waals surface area contributed by atoms with Crippen LogP contribution in [0.5, 0.6) is 5.88 Å². The molecule has 2 aromatic rings. The molecule has 0 radical (unpaired) electrons. The van der Waals surface area contributed by atoms with Crippen LogP contribution < -0.4 is 10.1 Å². The van der Waals surface area contributed by atoms with Crippen molar-refractivity contribution in [3.63, 3.8) is 0 Å². The van der Waals surface area contributed by atoms with Crippen LogP contribution >= 0.6 is 0 Å². The second-order valence-corrected chi connectivity index (χ2v) is 4.32. The molecule has 0 saturated heterocycles. The van der Waals surface area contributed by atoms with Crippen LogP contribution in [0.4, 0.5) is 11.4 Å². The Morgan fingerprint density at radius 3 is 2.70 bits per heavy atom. The van der Waals surface area contributed by atoms with E-state index < -0.39 is 4.92 Å². The lowest BCUT2D eigenvalue weighted by Crippen LogP contribution is -2.02. The van der Waals surface area contributed by atoms with E-state index >= 15 is 0 Å². The molecule has 6 nitrogen and oxygen atoms in total. The van der Waals surface area contributed by atoms with Gasteiger partial charge in [-0.1, -0.05) is 6.07 Å². The van der Waals surface area contributed by atoms with Gasteiger partial charge in [0.1, 0.15) is 0 Å². The highest BCUT2D eigenvalue weighted by atomic mass is 16.6. The quantitative estimate of drug-likeness (QED) is 0.669. The maximum atomic E-state index is 10.7. The fraction of sp³-hybridized carbons (Fsp3) is 0.214. The molecule has 0 spiro atoms. The third-order valence-electron chi connectivity index (χ3n) is 2.91. The fourth-order valence-corrected chi connectivity index (χ4v) is 1.79. The SMILES string of the molecule is COc1ccc(CNc2ccc([N+](=O)[O-])cc2C)cn1. The molecule has 0 fully saturated rings. The average Bonchev–Trinajstić information content (AvgIpc) is 2.46. The molecule has 0 aliphatic heterocycles. The van der Waals surface area contributed by atoms with E-state index in [0.29, 0.717) is 12.4 Å². The van der Waals surface area contributed by atoms with Crippen molar-refractivity contribution < 1.29 is 9.66 Å². The molecule has 2 rings (SSSR count). The molecule has 6 heteroatoms. The van der Waals surface area contributed by atoms with E-state index in [1.165, 1.54) is 6.07 Å². The van der Waals surface area contributed by atoms with Gasteiger partial charge in [0.2, 0.25) is 5.88 Å². The number of benzene rings is 1. The van der Waals surface area contributed by atoms with Crippen LogP contribution in [0, 0.1) is 17.0 Å². The molecule has 0 unspecified atom stereocenters. The van der Waals surface area contributed by atoms with Crippen LogP contribution in [-0.2, 0) is 6.54 Å². The molecule has 0 atom stereocenters. The first-order chi connectivity index (χ1) is 9.60. The maximum Gasteiger partial charge on any atom is 0.269 e. The normalized spacial score (nSPS) is 10.1. The molecular weight excluding hydrogens is 258 g/mol. The van der Waals surface area contributed by atoms with E-state index in [1.54, 1.807) is 31.5 Å². The smallest absolute Gasteiger partial charge is 0.269 e. The van der Waals surface area contributed by atoms with Crippen LogP contribution in [0.15, 0.2) is 36.5 Å². The van der Waals surface area contributed by atoms with Crippen molar-refractivity contribution in [2.24, 2.45) is 0 Å². The number of hydrogen-bond acceptors (Lipinski definition) is 5. The number of nitrogens with one attached hydrogen (secondary N) is 1. The first kappa shape index (κ1) is 13.8. The van der Waals surface area contributed by atoms with E-state index in [9.17, 15) is 10.1 Å². The van der Waals surface area contributed by atoms with Crippen LogP contribution in [0.25, 0.3) is 0 Å².